The lowest BCUT2D eigenvalue weighted by molar-refractivity contribution is -0.139. The summed E-state index contributed by atoms with van der Waals surface area (Å²) in [5.74, 6) is -0.839. The van der Waals surface area contributed by atoms with Crippen molar-refractivity contribution in [3.63, 3.8) is 0 Å². The van der Waals surface area contributed by atoms with Crippen molar-refractivity contribution in [1.29, 1.82) is 0 Å². The summed E-state index contributed by atoms with van der Waals surface area (Å²) in [6.45, 7) is 6.17. The van der Waals surface area contributed by atoms with Gasteiger partial charge in [0.2, 0.25) is 5.91 Å². The minimum absolute atomic E-state index is 0.0915. The van der Waals surface area contributed by atoms with Gasteiger partial charge in [-0.2, -0.15) is 0 Å². The van der Waals surface area contributed by atoms with Gasteiger partial charge in [-0.15, -0.1) is 0 Å². The van der Waals surface area contributed by atoms with E-state index in [0.717, 1.165) is 16.9 Å². The van der Waals surface area contributed by atoms with Crippen LogP contribution in [0.2, 0.25) is 0 Å². The average molecular weight is 275 g/mol. The van der Waals surface area contributed by atoms with E-state index >= 15 is 0 Å². The lowest BCUT2D eigenvalue weighted by atomic mass is 9.96. The van der Waals surface area contributed by atoms with Gasteiger partial charge in [0, 0.05) is 11.1 Å². The van der Waals surface area contributed by atoms with Crippen molar-refractivity contribution in [3.05, 3.63) is 24.0 Å². The number of nitrogens with zero attached hydrogens (tertiary/aromatic N) is 1. The molecule has 0 saturated heterocycles. The van der Waals surface area contributed by atoms with Crippen LogP contribution < -0.4 is 5.32 Å². The molecule has 0 aliphatic carbocycles. The number of carboxylic acid groups (broad SMARTS) is 1. The summed E-state index contributed by atoms with van der Waals surface area (Å²) < 4.78 is 0. The van der Waals surface area contributed by atoms with Crippen LogP contribution in [0.25, 0.3) is 11.0 Å². The number of carbonyl (C=O) groups is 2. The predicted octanol–water partition coefficient (Wildman–Crippen LogP) is 2.27. The van der Waals surface area contributed by atoms with Crippen molar-refractivity contribution in [1.82, 2.24) is 9.97 Å². The van der Waals surface area contributed by atoms with Gasteiger partial charge >= 0.3 is 5.97 Å². The third-order valence-corrected chi connectivity index (χ3v) is 2.79. The van der Waals surface area contributed by atoms with E-state index in [4.69, 9.17) is 5.11 Å². The zero-order chi connectivity index (χ0) is 14.9. The Bertz CT molecular complexity index is 668. The van der Waals surface area contributed by atoms with Gasteiger partial charge in [0.15, 0.2) is 0 Å². The van der Waals surface area contributed by atoms with Crippen LogP contribution >= 0.6 is 0 Å². The molecule has 0 aliphatic rings. The van der Waals surface area contributed by atoms with Crippen molar-refractivity contribution in [2.45, 2.75) is 32.6 Å². The van der Waals surface area contributed by atoms with Gasteiger partial charge in [-0.05, 0) is 18.2 Å². The smallest absolute Gasteiger partial charge is 0.312 e. The number of carbonyl (C=O) groups excluding carboxylic acids is 1. The number of benzene rings is 1. The summed E-state index contributed by atoms with van der Waals surface area (Å²) in [7, 11) is 0. The summed E-state index contributed by atoms with van der Waals surface area (Å²) in [6, 6.07) is 5.24. The molecular formula is C14H17N3O3. The Kier molecular flexibility index (Phi) is 3.48. The molecule has 0 saturated carbocycles. The molecule has 0 aliphatic heterocycles. The fourth-order valence-electron chi connectivity index (χ4n) is 1.79. The number of amides is 1. The van der Waals surface area contributed by atoms with Crippen molar-refractivity contribution in [3.8, 4) is 0 Å². The number of nitrogens with one attached hydrogen (secondary N) is 2. The van der Waals surface area contributed by atoms with E-state index in [9.17, 15) is 9.59 Å². The van der Waals surface area contributed by atoms with Crippen molar-refractivity contribution >= 4 is 28.6 Å². The number of hydrogen-bond donors (Lipinski definition) is 3. The van der Waals surface area contributed by atoms with E-state index in [1.165, 1.54) is 0 Å². The Labute approximate surface area is 116 Å². The molecule has 0 bridgehead atoms. The van der Waals surface area contributed by atoms with Crippen molar-refractivity contribution in [2.75, 3.05) is 5.32 Å². The third kappa shape index (κ3) is 3.14. The Morgan fingerprint density at radius 2 is 2.05 bits per heavy atom. The Morgan fingerprint density at radius 3 is 2.65 bits per heavy atom. The Hall–Kier alpha value is -2.37. The largest absolute Gasteiger partial charge is 0.481 e. The maximum Gasteiger partial charge on any atom is 0.312 e. The second kappa shape index (κ2) is 4.96. The third-order valence-electron chi connectivity index (χ3n) is 2.79. The van der Waals surface area contributed by atoms with Gasteiger partial charge in [-0.1, -0.05) is 20.8 Å². The molecule has 1 heterocycles. The zero-order valence-electron chi connectivity index (χ0n) is 11.7. The number of H-pyrrole nitrogens is 1. The fourth-order valence-corrected chi connectivity index (χ4v) is 1.79. The quantitative estimate of drug-likeness (QED) is 0.749. The van der Waals surface area contributed by atoms with E-state index in [0.29, 0.717) is 5.69 Å². The first-order valence-electron chi connectivity index (χ1n) is 6.27. The van der Waals surface area contributed by atoms with E-state index < -0.39 is 18.3 Å². The molecule has 0 spiro atoms. The van der Waals surface area contributed by atoms with Gasteiger partial charge in [-0.3, -0.25) is 9.59 Å². The molecule has 0 radical (unpaired) electrons. The van der Waals surface area contributed by atoms with Crippen molar-refractivity contribution < 1.29 is 14.7 Å². The monoisotopic (exact) mass is 275 g/mol. The van der Waals surface area contributed by atoms with Crippen LogP contribution in [0, 0.1) is 0 Å². The molecule has 0 unspecified atom stereocenters. The predicted molar refractivity (Wildman–Crippen MR) is 75.7 cm³/mol. The summed E-state index contributed by atoms with van der Waals surface area (Å²) in [5, 5.41) is 11.1. The minimum Gasteiger partial charge on any atom is -0.481 e. The first-order valence-corrected chi connectivity index (χ1v) is 6.27. The topological polar surface area (TPSA) is 95.1 Å². The number of hydrogen-bond acceptors (Lipinski definition) is 3. The lowest BCUT2D eigenvalue weighted by Gasteiger charge is -2.13. The van der Waals surface area contributed by atoms with Crippen LogP contribution in [-0.2, 0) is 15.0 Å². The second-order valence-electron chi connectivity index (χ2n) is 5.69. The SMILES string of the molecule is CC(C)(C)c1nc2ccc(NC(=O)CC(=O)O)cc2[nH]1. The summed E-state index contributed by atoms with van der Waals surface area (Å²) >= 11 is 0. The number of aromatic amines is 1. The molecule has 2 aromatic rings. The zero-order valence-corrected chi connectivity index (χ0v) is 11.7. The summed E-state index contributed by atoms with van der Waals surface area (Å²) in [6.07, 6.45) is -0.547. The van der Waals surface area contributed by atoms with Gasteiger partial charge < -0.3 is 15.4 Å². The molecule has 3 N–H and O–H groups in total. The first-order chi connectivity index (χ1) is 9.25. The molecule has 106 valence electrons. The molecule has 1 aromatic carbocycles. The molecular weight excluding hydrogens is 258 g/mol. The van der Waals surface area contributed by atoms with Crippen LogP contribution in [0.3, 0.4) is 0 Å². The molecule has 2 rings (SSSR count). The first kappa shape index (κ1) is 14.0. The average Bonchev–Trinajstić information content (AvgIpc) is 2.70. The number of rotatable bonds is 3. The van der Waals surface area contributed by atoms with Crippen molar-refractivity contribution in [2.24, 2.45) is 0 Å². The molecule has 6 heteroatoms. The highest BCUT2D eigenvalue weighted by Crippen LogP contribution is 2.24. The van der Waals surface area contributed by atoms with Crippen LogP contribution in [0.5, 0.6) is 0 Å². The lowest BCUT2D eigenvalue weighted by Crippen LogP contribution is -2.15. The number of aromatic nitrogens is 2. The minimum atomic E-state index is -1.15. The van der Waals surface area contributed by atoms with Gasteiger partial charge in [-0.25, -0.2) is 4.98 Å². The van der Waals surface area contributed by atoms with Crippen LogP contribution in [0.15, 0.2) is 18.2 Å². The van der Waals surface area contributed by atoms with Gasteiger partial charge in [0.25, 0.3) is 0 Å². The van der Waals surface area contributed by atoms with Crippen LogP contribution in [0.1, 0.15) is 33.0 Å². The van der Waals surface area contributed by atoms with E-state index in [2.05, 4.69) is 36.1 Å². The molecule has 0 atom stereocenters. The number of aliphatic carboxylic acids is 1. The van der Waals surface area contributed by atoms with Crippen LogP contribution in [0.4, 0.5) is 5.69 Å². The standard InChI is InChI=1S/C14H17N3O3/c1-14(2,3)13-16-9-5-4-8(6-10(9)17-13)15-11(18)7-12(19)20/h4-6H,7H2,1-3H3,(H,15,18)(H,16,17)(H,19,20). The van der Waals surface area contributed by atoms with E-state index in [-0.39, 0.29) is 5.41 Å². The number of anilines is 1. The molecule has 1 amide bonds. The maximum atomic E-state index is 11.4. The highest BCUT2D eigenvalue weighted by Gasteiger charge is 2.18. The Balaban J connectivity index is 2.25. The highest BCUT2D eigenvalue weighted by molar-refractivity contribution is 6.02. The maximum absolute atomic E-state index is 11.4. The molecule has 0 fully saturated rings. The number of fused-ring (bicyclic) bond motifs is 1. The summed E-state index contributed by atoms with van der Waals surface area (Å²) in [4.78, 5) is 29.6. The second-order valence-corrected chi connectivity index (χ2v) is 5.69. The Morgan fingerprint density at radius 1 is 1.35 bits per heavy atom. The molecule has 20 heavy (non-hydrogen) atoms. The number of imidazole rings is 1. The molecule has 1 aromatic heterocycles. The normalized spacial score (nSPS) is 11.6. The number of carboxylic acids is 1. The molecule has 6 nitrogen and oxygen atoms in total. The fraction of sp³-hybridized carbons (Fsp3) is 0.357. The van der Waals surface area contributed by atoms with E-state index in [1.54, 1.807) is 18.2 Å². The highest BCUT2D eigenvalue weighted by atomic mass is 16.4. The van der Waals surface area contributed by atoms with E-state index in [1.807, 2.05) is 0 Å². The van der Waals surface area contributed by atoms with Gasteiger partial charge in [0.05, 0.1) is 11.0 Å². The summed E-state index contributed by atoms with van der Waals surface area (Å²) in [5.41, 5.74) is 2.08. The van der Waals surface area contributed by atoms with Gasteiger partial charge in [0.1, 0.15) is 12.2 Å². The van der Waals surface area contributed by atoms with Crippen LogP contribution in [-0.4, -0.2) is 27.0 Å².